The van der Waals surface area contributed by atoms with Gasteiger partial charge in [-0.15, -0.1) is 0 Å². The Bertz CT molecular complexity index is 433. The van der Waals surface area contributed by atoms with E-state index in [0.29, 0.717) is 18.4 Å². The van der Waals surface area contributed by atoms with E-state index >= 15 is 0 Å². The van der Waals surface area contributed by atoms with E-state index in [1.807, 2.05) is 0 Å². The Balaban J connectivity index is 3.10. The highest BCUT2D eigenvalue weighted by molar-refractivity contribution is 9.10. The first-order chi connectivity index (χ1) is 9.69. The molecule has 3 N–H and O–H groups in total. The van der Waals surface area contributed by atoms with Gasteiger partial charge in [0.2, 0.25) is 0 Å². The minimum absolute atomic E-state index is 0.0188. The summed E-state index contributed by atoms with van der Waals surface area (Å²) >= 11 is 3.64. The summed E-state index contributed by atoms with van der Waals surface area (Å²) in [5, 5.41) is 3.77. The van der Waals surface area contributed by atoms with Crippen molar-refractivity contribution in [3.8, 4) is 0 Å². The maximum absolute atomic E-state index is 6.19. The van der Waals surface area contributed by atoms with Crippen LogP contribution in [-0.4, -0.2) is 12.1 Å². The van der Waals surface area contributed by atoms with Crippen LogP contribution in [-0.2, 0) is 0 Å². The number of hydrogen-bond donors (Lipinski definition) is 2. The zero-order valence-electron chi connectivity index (χ0n) is 14.4. The van der Waals surface area contributed by atoms with Crippen molar-refractivity contribution in [3.63, 3.8) is 0 Å². The van der Waals surface area contributed by atoms with E-state index in [2.05, 4.69) is 74.9 Å². The van der Waals surface area contributed by atoms with Gasteiger partial charge in [-0.2, -0.15) is 0 Å². The summed E-state index contributed by atoms with van der Waals surface area (Å²) in [5.41, 5.74) is 9.87. The number of nitrogens with one attached hydrogen (secondary N) is 1. The zero-order chi connectivity index (χ0) is 16.2. The zero-order valence-corrected chi connectivity index (χ0v) is 16.0. The summed E-state index contributed by atoms with van der Waals surface area (Å²) in [6.07, 6.45) is 2.19. The molecule has 0 fully saturated rings. The predicted octanol–water partition coefficient (Wildman–Crippen LogP) is 5.27. The third-order valence-electron chi connectivity index (χ3n) is 3.83. The highest BCUT2D eigenvalue weighted by Gasteiger charge is 2.30. The third-order valence-corrected chi connectivity index (χ3v) is 5.09. The molecule has 0 aliphatic heterocycles. The molecule has 0 aliphatic rings. The Kier molecular flexibility index (Phi) is 6.73. The number of rotatable bonds is 7. The van der Waals surface area contributed by atoms with Crippen LogP contribution < -0.4 is 11.1 Å². The standard InChI is InChI=1S/C18H31BrN2/c1-12(2)9-18(11-20,10-13(3)4)21-16-7-14(5)17(19)15(6)8-16/h7-8,12-13,21H,9-11,20H2,1-6H3. The lowest BCUT2D eigenvalue weighted by atomic mass is 9.81. The lowest BCUT2D eigenvalue weighted by molar-refractivity contribution is 0.317. The molecule has 3 heteroatoms. The van der Waals surface area contributed by atoms with Gasteiger partial charge < -0.3 is 11.1 Å². The van der Waals surface area contributed by atoms with Crippen LogP contribution in [0.3, 0.4) is 0 Å². The first-order valence-corrected chi connectivity index (χ1v) is 8.73. The maximum atomic E-state index is 6.19. The number of benzene rings is 1. The lowest BCUT2D eigenvalue weighted by Gasteiger charge is -2.38. The van der Waals surface area contributed by atoms with Crippen molar-refractivity contribution < 1.29 is 0 Å². The van der Waals surface area contributed by atoms with Gasteiger partial charge in [0.1, 0.15) is 0 Å². The second kappa shape index (κ2) is 7.64. The molecule has 2 nitrogen and oxygen atoms in total. The molecule has 0 unspecified atom stereocenters. The fourth-order valence-corrected chi connectivity index (χ4v) is 3.52. The molecule has 0 amide bonds. The fourth-order valence-electron chi connectivity index (χ4n) is 3.29. The van der Waals surface area contributed by atoms with Crippen molar-refractivity contribution in [2.75, 3.05) is 11.9 Å². The molecule has 1 aromatic rings. The van der Waals surface area contributed by atoms with Crippen LogP contribution in [0.25, 0.3) is 0 Å². The fraction of sp³-hybridized carbons (Fsp3) is 0.667. The summed E-state index contributed by atoms with van der Waals surface area (Å²) in [6.45, 7) is 14.0. The SMILES string of the molecule is Cc1cc(NC(CN)(CC(C)C)CC(C)C)cc(C)c1Br. The van der Waals surface area contributed by atoms with E-state index in [0.717, 1.165) is 12.8 Å². The van der Waals surface area contributed by atoms with Crippen molar-refractivity contribution in [2.24, 2.45) is 17.6 Å². The Hall–Kier alpha value is -0.540. The molecule has 0 radical (unpaired) electrons. The molecule has 0 atom stereocenters. The molecule has 0 saturated carbocycles. The summed E-state index contributed by atoms with van der Waals surface area (Å²) < 4.78 is 1.19. The molecule has 0 spiro atoms. The summed E-state index contributed by atoms with van der Waals surface area (Å²) in [7, 11) is 0. The molecule has 21 heavy (non-hydrogen) atoms. The van der Waals surface area contributed by atoms with Gasteiger partial charge in [-0.3, -0.25) is 0 Å². The van der Waals surface area contributed by atoms with Gasteiger partial charge in [0.25, 0.3) is 0 Å². The van der Waals surface area contributed by atoms with Crippen LogP contribution >= 0.6 is 15.9 Å². The molecule has 120 valence electrons. The Morgan fingerprint density at radius 2 is 1.48 bits per heavy atom. The molecule has 0 aromatic heterocycles. The van der Waals surface area contributed by atoms with Crippen LogP contribution in [0.5, 0.6) is 0 Å². The summed E-state index contributed by atoms with van der Waals surface area (Å²) in [6, 6.07) is 4.42. The van der Waals surface area contributed by atoms with E-state index in [9.17, 15) is 0 Å². The second-order valence-electron chi connectivity index (χ2n) is 7.23. The normalized spacial score (nSPS) is 12.3. The van der Waals surface area contributed by atoms with Crippen molar-refractivity contribution >= 4 is 21.6 Å². The first-order valence-electron chi connectivity index (χ1n) is 7.94. The molecular weight excluding hydrogens is 324 g/mol. The van der Waals surface area contributed by atoms with Crippen LogP contribution in [0.1, 0.15) is 51.7 Å². The molecule has 0 heterocycles. The van der Waals surface area contributed by atoms with E-state index in [4.69, 9.17) is 5.73 Å². The highest BCUT2D eigenvalue weighted by atomic mass is 79.9. The number of aryl methyl sites for hydroxylation is 2. The Morgan fingerprint density at radius 3 is 1.81 bits per heavy atom. The van der Waals surface area contributed by atoms with Crippen LogP contribution in [0.4, 0.5) is 5.69 Å². The van der Waals surface area contributed by atoms with E-state index in [1.165, 1.54) is 21.3 Å². The van der Waals surface area contributed by atoms with Gasteiger partial charge in [0, 0.05) is 16.7 Å². The summed E-state index contributed by atoms with van der Waals surface area (Å²) in [5.74, 6) is 1.25. The largest absolute Gasteiger partial charge is 0.378 e. The Labute approximate surface area is 139 Å². The van der Waals surface area contributed by atoms with Crippen LogP contribution in [0, 0.1) is 25.7 Å². The smallest absolute Gasteiger partial charge is 0.0500 e. The van der Waals surface area contributed by atoms with Crippen molar-refractivity contribution in [2.45, 2.75) is 59.9 Å². The number of halogens is 1. The lowest BCUT2D eigenvalue weighted by Crippen LogP contribution is -2.47. The first kappa shape index (κ1) is 18.5. The minimum atomic E-state index is -0.0188. The van der Waals surface area contributed by atoms with Gasteiger partial charge in [0.15, 0.2) is 0 Å². The van der Waals surface area contributed by atoms with Crippen molar-refractivity contribution in [3.05, 3.63) is 27.7 Å². The average molecular weight is 355 g/mol. The van der Waals surface area contributed by atoms with Gasteiger partial charge >= 0.3 is 0 Å². The summed E-state index contributed by atoms with van der Waals surface area (Å²) in [4.78, 5) is 0. The average Bonchev–Trinajstić information content (AvgIpc) is 2.34. The van der Waals surface area contributed by atoms with Crippen molar-refractivity contribution in [1.29, 1.82) is 0 Å². The second-order valence-corrected chi connectivity index (χ2v) is 8.02. The number of nitrogens with two attached hydrogens (primary N) is 1. The van der Waals surface area contributed by atoms with E-state index in [1.54, 1.807) is 0 Å². The highest BCUT2D eigenvalue weighted by Crippen LogP contribution is 2.31. The number of hydrogen-bond acceptors (Lipinski definition) is 2. The molecule has 0 saturated heterocycles. The quantitative estimate of drug-likeness (QED) is 0.699. The predicted molar refractivity (Wildman–Crippen MR) is 97.9 cm³/mol. The molecular formula is C18H31BrN2. The van der Waals surface area contributed by atoms with Crippen LogP contribution in [0.15, 0.2) is 16.6 Å². The molecule has 1 aromatic carbocycles. The van der Waals surface area contributed by atoms with Gasteiger partial charge in [-0.05, 0) is 61.8 Å². The van der Waals surface area contributed by atoms with Gasteiger partial charge in [0.05, 0.1) is 5.54 Å². The molecule has 1 rings (SSSR count). The van der Waals surface area contributed by atoms with Gasteiger partial charge in [-0.25, -0.2) is 0 Å². The monoisotopic (exact) mass is 354 g/mol. The molecule has 0 aliphatic carbocycles. The van der Waals surface area contributed by atoms with E-state index in [-0.39, 0.29) is 5.54 Å². The maximum Gasteiger partial charge on any atom is 0.0500 e. The number of anilines is 1. The topological polar surface area (TPSA) is 38.0 Å². The Morgan fingerprint density at radius 1 is 1.05 bits per heavy atom. The third kappa shape index (κ3) is 5.30. The molecule has 0 bridgehead atoms. The van der Waals surface area contributed by atoms with Crippen LogP contribution in [0.2, 0.25) is 0 Å². The van der Waals surface area contributed by atoms with E-state index < -0.39 is 0 Å². The van der Waals surface area contributed by atoms with Crippen molar-refractivity contribution in [1.82, 2.24) is 0 Å². The minimum Gasteiger partial charge on any atom is -0.378 e. The van der Waals surface area contributed by atoms with Gasteiger partial charge in [-0.1, -0.05) is 43.6 Å².